The number of aryl methyl sites for hydroxylation is 1. The number of anilines is 6. The smallest absolute Gasteiger partial charge is 0.257 e. The van der Waals surface area contributed by atoms with Gasteiger partial charge in [0.15, 0.2) is 9.84 Å². The number of rotatable bonds is 23. The highest BCUT2D eigenvalue weighted by molar-refractivity contribution is 7.92. The molecule has 14 rings (SSSR count). The number of sulfonamides is 2. The molecule has 2 aliphatic rings. The van der Waals surface area contributed by atoms with E-state index in [0.29, 0.717) is 144 Å². The molecule has 25 nitrogen and oxygen atoms in total. The van der Waals surface area contributed by atoms with Crippen LogP contribution in [0.25, 0.3) is 45.0 Å². The zero-order valence-corrected chi connectivity index (χ0v) is 73.9. The Morgan fingerprint density at radius 1 is 0.447 bits per heavy atom. The Kier molecular flexibility index (Phi) is 32.1. The van der Waals surface area contributed by atoms with E-state index in [1.807, 2.05) is 89.8 Å². The Hall–Kier alpha value is -11.2. The third-order valence-corrected chi connectivity index (χ3v) is 24.3. The van der Waals surface area contributed by atoms with Crippen LogP contribution in [0.5, 0.6) is 0 Å². The standard InChI is InChI=1S/C25H26Cl2N4O4S.C23H21ClN4O2.C21H19ClN2O3S.C20H17Cl2N3O3S/c1-36(33,34)31(11-10-30-12-14-35-15-13-30)19-6-7-20(23(27)17-19)25(32)29-18-5-8-22(26)21(16-18)24-4-2-3-9-28-24;24-20-9-8-18(13-19(20)21-3-1-2-10-26-21)27-23(30)17-6-4-16(5-7-17)15-28-12-11-25-14-22(28)29;1-14-11-15(13-28(2,26)27)6-8-17(14)21(25)24-16-7-9-19(22)18(12-16)20-5-3-4-10-23-20;1-25(29(2,27)28)14-7-8-15(18(22)12-14)20(26)24-13-6-9-17(21)16(11-13)19-5-3-4-10-23-19/h2-9,16-17H,10-15H2,1H3,(H,29,32);1-10,13,25H,11-12,14-15H2,(H,27,30);3-12H,13H2,1-2H3,(H,24,25);3-12H,1-2H3,(H,24,26). The zero-order chi connectivity index (χ0) is 88.1. The minimum atomic E-state index is -3.55. The summed E-state index contributed by atoms with van der Waals surface area (Å²) in [4.78, 5) is 84.1. The summed E-state index contributed by atoms with van der Waals surface area (Å²) in [6, 6.07) is 64.1. The number of hydrogen-bond acceptors (Lipinski definition) is 18. The number of carbonyl (C=O) groups excluding carboxylic acids is 5. The predicted octanol–water partition coefficient (Wildman–Crippen LogP) is 17.2. The number of piperazine rings is 1. The predicted molar refractivity (Wildman–Crippen MR) is 491 cm³/mol. The summed E-state index contributed by atoms with van der Waals surface area (Å²) < 4.78 is 79.0. The fourth-order valence-electron chi connectivity index (χ4n) is 12.7. The number of sulfone groups is 1. The van der Waals surface area contributed by atoms with Gasteiger partial charge in [0, 0.05) is 140 Å². The van der Waals surface area contributed by atoms with E-state index >= 15 is 0 Å². The quantitative estimate of drug-likeness (QED) is 0.0397. The molecule has 6 heterocycles. The summed E-state index contributed by atoms with van der Waals surface area (Å²) in [6.07, 6.45) is 10.1. The first-order chi connectivity index (χ1) is 58.7. The van der Waals surface area contributed by atoms with Crippen LogP contribution in [0, 0.1) is 6.92 Å². The molecule has 4 aromatic heterocycles. The second kappa shape index (κ2) is 42.7. The highest BCUT2D eigenvalue weighted by atomic mass is 35.5. The van der Waals surface area contributed by atoms with Crippen molar-refractivity contribution < 1.29 is 54.0 Å². The van der Waals surface area contributed by atoms with Gasteiger partial charge in [-0.3, -0.25) is 57.4 Å². The van der Waals surface area contributed by atoms with Crippen LogP contribution < -0.4 is 35.2 Å². The first-order valence-electron chi connectivity index (χ1n) is 38.0. The SMILES string of the molecule is CN(c1ccc(C(=O)Nc2ccc(Cl)c(-c3ccccn3)c2)c(Cl)c1)S(C)(=O)=O.CS(=O)(=O)N(CCN1CCOCC1)c1ccc(C(=O)Nc2ccc(Cl)c(-c3ccccn3)c2)c(Cl)c1.Cc1cc(CS(C)(=O)=O)ccc1C(=O)Nc1ccc(Cl)c(-c2ccccn2)c1.O=C(Nc1ccc(Cl)c(-c2ccccn2)c1)c1ccc(CN2CCNCC2=O)cc1. The van der Waals surface area contributed by atoms with E-state index in [-0.39, 0.29) is 51.2 Å². The number of morpholine rings is 1. The average molecular weight is 1840 g/mol. The van der Waals surface area contributed by atoms with Crippen LogP contribution in [0.15, 0.2) is 249 Å². The summed E-state index contributed by atoms with van der Waals surface area (Å²) in [5.74, 6) is -1.32. The molecule has 12 aromatic rings. The summed E-state index contributed by atoms with van der Waals surface area (Å²) >= 11 is 37.9. The molecule has 2 aliphatic heterocycles. The van der Waals surface area contributed by atoms with Crippen molar-refractivity contribution in [3.8, 4) is 45.0 Å². The van der Waals surface area contributed by atoms with Gasteiger partial charge in [-0.1, -0.05) is 118 Å². The Labute approximate surface area is 743 Å². The van der Waals surface area contributed by atoms with E-state index < -0.39 is 41.7 Å². The second-order valence-corrected chi connectivity index (χ2v) is 36.7. The number of halogens is 6. The van der Waals surface area contributed by atoms with E-state index in [2.05, 4.69) is 51.4 Å². The molecule has 2 saturated heterocycles. The number of amides is 5. The monoisotopic (exact) mass is 1830 g/mol. The van der Waals surface area contributed by atoms with Gasteiger partial charge in [-0.05, 0) is 200 Å². The molecule has 2 fully saturated rings. The molecule has 0 unspecified atom stereocenters. The Balaban J connectivity index is 0.000000161. The van der Waals surface area contributed by atoms with Crippen LogP contribution in [-0.2, 0) is 51.7 Å². The van der Waals surface area contributed by atoms with E-state index in [4.69, 9.17) is 74.3 Å². The van der Waals surface area contributed by atoms with Gasteiger partial charge in [0.25, 0.3) is 23.6 Å². The average Bonchev–Trinajstić information content (AvgIpc) is 0.805. The summed E-state index contributed by atoms with van der Waals surface area (Å²) in [5, 5.41) is 16.8. The Morgan fingerprint density at radius 3 is 1.23 bits per heavy atom. The number of nitrogens with zero attached hydrogens (tertiary/aromatic N) is 8. The van der Waals surface area contributed by atoms with Crippen LogP contribution in [0.2, 0.25) is 30.1 Å². The third-order valence-electron chi connectivity index (χ3n) is 19.1. The largest absolute Gasteiger partial charge is 0.379 e. The van der Waals surface area contributed by atoms with Crippen LogP contribution >= 0.6 is 69.6 Å². The lowest BCUT2D eigenvalue weighted by atomic mass is 10.0. The molecule has 0 bridgehead atoms. The van der Waals surface area contributed by atoms with Gasteiger partial charge in [0.2, 0.25) is 26.0 Å². The van der Waals surface area contributed by atoms with E-state index in [1.165, 1.54) is 47.9 Å². The molecule has 5 amide bonds. The van der Waals surface area contributed by atoms with Crippen molar-refractivity contribution in [1.29, 1.82) is 0 Å². The molecule has 0 atom stereocenters. The van der Waals surface area contributed by atoms with Crippen molar-refractivity contribution in [3.63, 3.8) is 0 Å². The van der Waals surface area contributed by atoms with Crippen LogP contribution in [0.3, 0.4) is 0 Å². The van der Waals surface area contributed by atoms with Gasteiger partial charge >= 0.3 is 0 Å². The first-order valence-corrected chi connectivity index (χ1v) is 46.0. The molecule has 0 aliphatic carbocycles. The highest BCUT2D eigenvalue weighted by Crippen LogP contribution is 2.36. The molecule has 636 valence electrons. The van der Waals surface area contributed by atoms with Crippen LogP contribution in [0.1, 0.15) is 58.1 Å². The maximum absolute atomic E-state index is 13.0. The van der Waals surface area contributed by atoms with Crippen LogP contribution in [-0.4, -0.2) is 169 Å². The fourth-order valence-corrected chi connectivity index (χ4v) is 16.3. The van der Waals surface area contributed by atoms with Crippen molar-refractivity contribution in [1.82, 2.24) is 35.1 Å². The molecule has 5 N–H and O–H groups in total. The molecule has 123 heavy (non-hydrogen) atoms. The number of carbonyl (C=O) groups is 5. The van der Waals surface area contributed by atoms with Crippen molar-refractivity contribution in [2.75, 3.05) is 115 Å². The van der Waals surface area contributed by atoms with E-state index in [9.17, 15) is 49.2 Å². The number of benzene rings is 8. The van der Waals surface area contributed by atoms with Gasteiger partial charge in [-0.25, -0.2) is 25.3 Å². The van der Waals surface area contributed by atoms with Gasteiger partial charge in [-0.2, -0.15) is 0 Å². The minimum absolute atomic E-state index is 0.0552. The van der Waals surface area contributed by atoms with Gasteiger partial charge < -0.3 is 36.2 Å². The highest BCUT2D eigenvalue weighted by Gasteiger charge is 2.25. The van der Waals surface area contributed by atoms with Gasteiger partial charge in [-0.15, -0.1) is 0 Å². The third kappa shape index (κ3) is 26.4. The van der Waals surface area contributed by atoms with Crippen molar-refractivity contribution in [3.05, 3.63) is 318 Å². The molecule has 8 aromatic carbocycles. The van der Waals surface area contributed by atoms with Crippen molar-refractivity contribution >= 4 is 163 Å². The van der Waals surface area contributed by atoms with Crippen LogP contribution in [0.4, 0.5) is 34.1 Å². The van der Waals surface area contributed by atoms with Gasteiger partial charge in [0.05, 0.1) is 113 Å². The minimum Gasteiger partial charge on any atom is -0.379 e. The molecule has 0 spiro atoms. The fraction of sp³-hybridized carbons (Fsp3) is 0.180. The molecular weight excluding hydrogens is 1750 g/mol. The van der Waals surface area contributed by atoms with E-state index in [0.717, 1.165) is 58.8 Å². The zero-order valence-electron chi connectivity index (χ0n) is 66.9. The van der Waals surface area contributed by atoms with Crippen molar-refractivity contribution in [2.45, 2.75) is 19.2 Å². The molecule has 34 heteroatoms. The summed E-state index contributed by atoms with van der Waals surface area (Å²) in [5.41, 5.74) is 12.5. The molecule has 0 radical (unpaired) electrons. The second-order valence-electron chi connectivity index (χ2n) is 28.2. The Bertz CT molecular complexity index is 6180. The number of aromatic nitrogens is 4. The normalized spacial score (nSPS) is 12.8. The first kappa shape index (κ1) is 92.5. The molecule has 0 saturated carbocycles. The molecular formula is C89H83Cl6N13O12S3. The lowest BCUT2D eigenvalue weighted by Gasteiger charge is -2.30. The lowest BCUT2D eigenvalue weighted by molar-refractivity contribution is -0.132. The summed E-state index contributed by atoms with van der Waals surface area (Å²) in [7, 11) is -8.71. The number of nitrogens with one attached hydrogen (secondary N) is 5. The summed E-state index contributed by atoms with van der Waals surface area (Å²) in [6.45, 7) is 7.79. The van der Waals surface area contributed by atoms with E-state index in [1.54, 1.807) is 141 Å². The van der Waals surface area contributed by atoms with Gasteiger partial charge in [0.1, 0.15) is 0 Å². The number of hydrogen-bond donors (Lipinski definition) is 5. The lowest BCUT2D eigenvalue weighted by Crippen LogP contribution is -2.47. The maximum atomic E-state index is 13.0. The number of pyridine rings is 4. The maximum Gasteiger partial charge on any atom is 0.257 e. The number of ether oxygens (including phenoxy) is 1. The topological polar surface area (TPSA) is 322 Å². The Morgan fingerprint density at radius 2 is 0.846 bits per heavy atom. The van der Waals surface area contributed by atoms with Crippen molar-refractivity contribution in [2.24, 2.45) is 0 Å².